The van der Waals surface area contributed by atoms with E-state index in [1.807, 2.05) is 105 Å². The van der Waals surface area contributed by atoms with Gasteiger partial charge in [0.15, 0.2) is 28.9 Å². The molecule has 8 rings (SSSR count). The van der Waals surface area contributed by atoms with Gasteiger partial charge in [0.25, 0.3) is 0 Å². The summed E-state index contributed by atoms with van der Waals surface area (Å²) in [6, 6.07) is 34.3. The Hall–Kier alpha value is -6.72. The standard InChI is InChI=1S/C54H52N2O8/c1-7-55-49-17-10-38(35(5)57)29-45(49)47-31-40(12-19-51(47)55)53(59)43-15-9-37(27-33(43)3)21-22-61-23-24-62-25-26-63-64-42-14-16-44(34(4)28-42)54(60)41-13-20-52-48(32-41)46-30-39(36(6)58)11-18-50(46)56(52)8-2/h9-20,27-32H,7-8,21-26H2,1-6H3. The molecule has 10 nitrogen and oxygen atoms in total. The molecule has 0 radical (unpaired) electrons. The summed E-state index contributed by atoms with van der Waals surface area (Å²) >= 11 is 0. The number of hydrogen-bond acceptors (Lipinski definition) is 8. The second-order valence-electron chi connectivity index (χ2n) is 16.2. The van der Waals surface area contributed by atoms with Gasteiger partial charge in [-0.3, -0.25) is 19.2 Å². The summed E-state index contributed by atoms with van der Waals surface area (Å²) in [5.74, 6) is 0.352. The molecule has 0 aliphatic rings. The number of fused-ring (bicyclic) bond motifs is 6. The Morgan fingerprint density at radius 1 is 0.469 bits per heavy atom. The largest absolute Gasteiger partial charge is 0.379 e. The fourth-order valence-corrected chi connectivity index (χ4v) is 8.71. The summed E-state index contributed by atoms with van der Waals surface area (Å²) in [5.41, 5.74) is 10.6. The van der Waals surface area contributed by atoms with E-state index in [1.165, 1.54) is 0 Å². The number of benzene rings is 6. The van der Waals surface area contributed by atoms with Crippen molar-refractivity contribution in [1.82, 2.24) is 9.13 Å². The first-order chi connectivity index (χ1) is 31.0. The monoisotopic (exact) mass is 856 g/mol. The summed E-state index contributed by atoms with van der Waals surface area (Å²) in [5, 5.41) is 3.83. The number of ether oxygens (including phenoxy) is 2. The maximum atomic E-state index is 13.8. The zero-order chi connectivity index (χ0) is 45.1. The van der Waals surface area contributed by atoms with Crippen molar-refractivity contribution < 1.29 is 38.4 Å². The fourth-order valence-electron chi connectivity index (χ4n) is 8.71. The van der Waals surface area contributed by atoms with Crippen molar-refractivity contribution in [3.63, 3.8) is 0 Å². The Kier molecular flexibility index (Phi) is 13.0. The van der Waals surface area contributed by atoms with Crippen LogP contribution >= 0.6 is 0 Å². The van der Waals surface area contributed by atoms with E-state index < -0.39 is 0 Å². The molecule has 0 spiro atoms. The molecule has 6 aromatic carbocycles. The lowest BCUT2D eigenvalue weighted by atomic mass is 9.95. The molecule has 0 amide bonds. The van der Waals surface area contributed by atoms with E-state index in [9.17, 15) is 19.2 Å². The van der Waals surface area contributed by atoms with Crippen molar-refractivity contribution >= 4 is 66.7 Å². The lowest BCUT2D eigenvalue weighted by Gasteiger charge is -2.10. The van der Waals surface area contributed by atoms with Crippen molar-refractivity contribution in [2.75, 3.05) is 33.0 Å². The summed E-state index contributed by atoms with van der Waals surface area (Å²) in [6.45, 7) is 14.5. The first-order valence-electron chi connectivity index (χ1n) is 21.9. The third-order valence-electron chi connectivity index (χ3n) is 12.1. The third-order valence-corrected chi connectivity index (χ3v) is 12.1. The molecule has 0 aliphatic carbocycles. The highest BCUT2D eigenvalue weighted by Crippen LogP contribution is 2.34. The highest BCUT2D eigenvalue weighted by atomic mass is 17.2. The van der Waals surface area contributed by atoms with E-state index in [2.05, 4.69) is 23.0 Å². The molecule has 2 aromatic heterocycles. The molecule has 0 atom stereocenters. The summed E-state index contributed by atoms with van der Waals surface area (Å²) in [6.07, 6.45) is 0.694. The van der Waals surface area contributed by atoms with Gasteiger partial charge >= 0.3 is 0 Å². The first kappa shape index (κ1) is 43.9. The normalized spacial score (nSPS) is 11.6. The van der Waals surface area contributed by atoms with Crippen LogP contribution in [-0.4, -0.2) is 65.3 Å². The van der Waals surface area contributed by atoms with Gasteiger partial charge in [-0.05, 0) is 156 Å². The van der Waals surface area contributed by atoms with Crippen molar-refractivity contribution in [2.24, 2.45) is 0 Å². The van der Waals surface area contributed by atoms with Crippen LogP contribution in [0.5, 0.6) is 5.75 Å². The van der Waals surface area contributed by atoms with Crippen LogP contribution in [-0.2, 0) is 33.9 Å². The Morgan fingerprint density at radius 3 is 1.34 bits per heavy atom. The van der Waals surface area contributed by atoms with Crippen molar-refractivity contribution in [3.8, 4) is 5.75 Å². The fraction of sp³-hybridized carbons (Fsp3) is 0.259. The molecule has 0 N–H and O–H groups in total. The Labute approximate surface area is 372 Å². The molecular formula is C54H52N2O8. The lowest BCUT2D eigenvalue weighted by molar-refractivity contribution is -0.215. The third kappa shape index (κ3) is 8.77. The molecule has 2 heterocycles. The molecule has 0 fully saturated rings. The van der Waals surface area contributed by atoms with Crippen LogP contribution < -0.4 is 4.89 Å². The molecule has 0 unspecified atom stereocenters. The summed E-state index contributed by atoms with van der Waals surface area (Å²) in [4.78, 5) is 62.6. The average molecular weight is 857 g/mol. The van der Waals surface area contributed by atoms with Gasteiger partial charge in [-0.25, -0.2) is 0 Å². The highest BCUT2D eigenvalue weighted by Gasteiger charge is 2.19. The number of nitrogens with zero attached hydrogens (tertiary/aromatic N) is 2. The van der Waals surface area contributed by atoms with E-state index in [0.29, 0.717) is 72.0 Å². The number of Topliss-reactive ketones (excluding diaryl/α,β-unsaturated/α-hetero) is 2. The van der Waals surface area contributed by atoms with Crippen molar-refractivity contribution in [1.29, 1.82) is 0 Å². The van der Waals surface area contributed by atoms with E-state index in [1.54, 1.807) is 32.0 Å². The number of ketones is 4. The van der Waals surface area contributed by atoms with Gasteiger partial charge < -0.3 is 23.5 Å². The molecule has 0 bridgehead atoms. The van der Waals surface area contributed by atoms with Crippen LogP contribution in [0, 0.1) is 13.8 Å². The molecule has 10 heteroatoms. The van der Waals surface area contributed by atoms with E-state index in [4.69, 9.17) is 19.2 Å². The molecule has 0 saturated heterocycles. The molecule has 8 aromatic rings. The zero-order valence-electron chi connectivity index (χ0n) is 37.2. The minimum absolute atomic E-state index is 0.00112. The molecule has 0 saturated carbocycles. The number of aromatic nitrogens is 2. The molecule has 0 aliphatic heterocycles. The molecular weight excluding hydrogens is 805 g/mol. The second kappa shape index (κ2) is 18.9. The van der Waals surface area contributed by atoms with Gasteiger partial charge in [0, 0.05) is 90.1 Å². The predicted octanol–water partition coefficient (Wildman–Crippen LogP) is 11.0. The van der Waals surface area contributed by atoms with Crippen molar-refractivity contribution in [3.05, 3.63) is 159 Å². The van der Waals surface area contributed by atoms with E-state index in [0.717, 1.165) is 73.4 Å². The Bertz CT molecular complexity index is 2910. The van der Waals surface area contributed by atoms with Gasteiger partial charge in [0.05, 0.1) is 26.4 Å². The van der Waals surface area contributed by atoms with E-state index in [-0.39, 0.29) is 29.7 Å². The average Bonchev–Trinajstić information content (AvgIpc) is 3.79. The van der Waals surface area contributed by atoms with Gasteiger partial charge in [-0.15, -0.1) is 0 Å². The number of aryl methyl sites for hydroxylation is 4. The number of carbonyl (C=O) groups is 4. The quantitative estimate of drug-likeness (QED) is 0.0342. The number of hydrogen-bond donors (Lipinski definition) is 0. The van der Waals surface area contributed by atoms with E-state index >= 15 is 0 Å². The highest BCUT2D eigenvalue weighted by molar-refractivity contribution is 6.17. The minimum atomic E-state index is -0.1000. The summed E-state index contributed by atoms with van der Waals surface area (Å²) < 4.78 is 15.9. The predicted molar refractivity (Wildman–Crippen MR) is 251 cm³/mol. The van der Waals surface area contributed by atoms with Gasteiger partial charge in [0.2, 0.25) is 0 Å². The maximum Gasteiger partial charge on any atom is 0.193 e. The van der Waals surface area contributed by atoms with Crippen molar-refractivity contribution in [2.45, 2.75) is 61.1 Å². The van der Waals surface area contributed by atoms with Crippen LogP contribution in [0.2, 0.25) is 0 Å². The first-order valence-corrected chi connectivity index (χ1v) is 21.9. The molecule has 64 heavy (non-hydrogen) atoms. The van der Waals surface area contributed by atoms with Crippen LogP contribution in [0.3, 0.4) is 0 Å². The zero-order valence-corrected chi connectivity index (χ0v) is 37.2. The van der Waals surface area contributed by atoms with Crippen LogP contribution in [0.15, 0.2) is 109 Å². The summed E-state index contributed by atoms with van der Waals surface area (Å²) in [7, 11) is 0. The second-order valence-corrected chi connectivity index (χ2v) is 16.2. The maximum absolute atomic E-state index is 13.8. The lowest BCUT2D eigenvalue weighted by Crippen LogP contribution is -2.12. The smallest absolute Gasteiger partial charge is 0.193 e. The van der Waals surface area contributed by atoms with Crippen LogP contribution in [0.25, 0.3) is 43.6 Å². The van der Waals surface area contributed by atoms with Crippen LogP contribution in [0.4, 0.5) is 0 Å². The SMILES string of the molecule is CCn1c2ccc(C(C)=O)cc2c2cc(C(=O)c3ccc(CCOCCOCCOOc4ccc(C(=O)c5ccc6c(c5)c5cc(C(C)=O)ccc5n6CC)c(C)c4)cc3C)ccc21. The van der Waals surface area contributed by atoms with Crippen LogP contribution in [0.1, 0.15) is 96.9 Å². The van der Waals surface area contributed by atoms with Gasteiger partial charge in [-0.1, -0.05) is 18.2 Å². The minimum Gasteiger partial charge on any atom is -0.379 e. The number of rotatable bonds is 19. The molecule has 326 valence electrons. The Balaban J connectivity index is 0.770. The Morgan fingerprint density at radius 2 is 0.891 bits per heavy atom. The topological polar surface area (TPSA) is 115 Å². The number of carbonyl (C=O) groups excluding carboxylic acids is 4. The van der Waals surface area contributed by atoms with Gasteiger partial charge in [0.1, 0.15) is 6.61 Å². The van der Waals surface area contributed by atoms with Gasteiger partial charge in [-0.2, -0.15) is 4.89 Å².